The first-order chi connectivity index (χ1) is 10.1. The summed E-state index contributed by atoms with van der Waals surface area (Å²) in [5.74, 6) is 0.127. The van der Waals surface area contributed by atoms with Crippen molar-refractivity contribution in [3.63, 3.8) is 0 Å². The summed E-state index contributed by atoms with van der Waals surface area (Å²) >= 11 is 0. The molecule has 1 heterocycles. The summed E-state index contributed by atoms with van der Waals surface area (Å²) in [6.45, 7) is 4.62. The molecule has 2 aromatic rings. The first-order valence-corrected chi connectivity index (χ1v) is 7.49. The number of hydrogen-bond donors (Lipinski definition) is 2. The topological polar surface area (TPSA) is 68.0 Å². The highest BCUT2D eigenvalue weighted by Crippen LogP contribution is 2.16. The fourth-order valence-electron chi connectivity index (χ4n) is 2.32. The Hall–Kier alpha value is -1.94. The standard InChI is InChI=1S/C17H23N3O/c1-3-12(2)15(18)17(21)20-11-9-14-7-4-6-13-8-5-10-19-16(13)14/h4-8,10,12,15H,3,9,11,18H2,1-2H3,(H,20,21)/t12?,15-/m0/s1. The number of pyridine rings is 1. The van der Waals surface area contributed by atoms with Crippen LogP contribution in [0.5, 0.6) is 0 Å². The number of nitrogens with one attached hydrogen (secondary N) is 1. The largest absolute Gasteiger partial charge is 0.354 e. The average Bonchev–Trinajstić information content (AvgIpc) is 2.53. The van der Waals surface area contributed by atoms with Gasteiger partial charge in [-0.3, -0.25) is 9.78 Å². The highest BCUT2D eigenvalue weighted by molar-refractivity contribution is 5.83. The number of para-hydroxylation sites is 1. The van der Waals surface area contributed by atoms with E-state index in [1.54, 1.807) is 6.20 Å². The fourth-order valence-corrected chi connectivity index (χ4v) is 2.32. The maximum Gasteiger partial charge on any atom is 0.237 e. The summed E-state index contributed by atoms with van der Waals surface area (Å²) in [4.78, 5) is 16.4. The van der Waals surface area contributed by atoms with Crippen molar-refractivity contribution in [2.75, 3.05) is 6.54 Å². The smallest absolute Gasteiger partial charge is 0.237 e. The van der Waals surface area contributed by atoms with Crippen molar-refractivity contribution in [2.45, 2.75) is 32.7 Å². The lowest BCUT2D eigenvalue weighted by Crippen LogP contribution is -2.45. The van der Waals surface area contributed by atoms with Gasteiger partial charge in [-0.2, -0.15) is 0 Å². The number of hydrogen-bond acceptors (Lipinski definition) is 3. The zero-order valence-electron chi connectivity index (χ0n) is 12.7. The predicted molar refractivity (Wildman–Crippen MR) is 85.9 cm³/mol. The molecule has 0 radical (unpaired) electrons. The quantitative estimate of drug-likeness (QED) is 0.855. The fraction of sp³-hybridized carbons (Fsp3) is 0.412. The van der Waals surface area contributed by atoms with Gasteiger partial charge in [0.15, 0.2) is 0 Å². The number of amides is 1. The molecular formula is C17H23N3O. The second kappa shape index (κ2) is 7.18. The van der Waals surface area contributed by atoms with E-state index in [9.17, 15) is 4.79 Å². The Morgan fingerprint density at radius 1 is 1.33 bits per heavy atom. The summed E-state index contributed by atoms with van der Waals surface area (Å²) in [5.41, 5.74) is 8.06. The van der Waals surface area contributed by atoms with Crippen LogP contribution in [-0.4, -0.2) is 23.5 Å². The number of carbonyl (C=O) groups is 1. The monoisotopic (exact) mass is 285 g/mol. The van der Waals surface area contributed by atoms with Crippen LogP contribution in [0.4, 0.5) is 0 Å². The Morgan fingerprint density at radius 3 is 2.86 bits per heavy atom. The lowest BCUT2D eigenvalue weighted by molar-refractivity contribution is -0.123. The first-order valence-electron chi connectivity index (χ1n) is 7.49. The summed E-state index contributed by atoms with van der Waals surface area (Å²) in [7, 11) is 0. The molecule has 0 aliphatic carbocycles. The van der Waals surface area contributed by atoms with Gasteiger partial charge in [0.05, 0.1) is 11.6 Å². The van der Waals surface area contributed by atoms with E-state index in [2.05, 4.69) is 16.4 Å². The molecule has 0 aliphatic heterocycles. The molecule has 0 saturated carbocycles. The molecule has 1 unspecified atom stereocenters. The molecule has 4 nitrogen and oxygen atoms in total. The van der Waals surface area contributed by atoms with E-state index in [0.29, 0.717) is 6.54 Å². The van der Waals surface area contributed by atoms with Gasteiger partial charge in [0.2, 0.25) is 5.91 Å². The molecular weight excluding hydrogens is 262 g/mol. The number of rotatable bonds is 6. The lowest BCUT2D eigenvalue weighted by Gasteiger charge is -2.17. The average molecular weight is 285 g/mol. The second-order valence-corrected chi connectivity index (χ2v) is 5.44. The lowest BCUT2D eigenvalue weighted by atomic mass is 9.99. The molecule has 2 atom stereocenters. The van der Waals surface area contributed by atoms with Gasteiger partial charge in [0, 0.05) is 18.1 Å². The molecule has 21 heavy (non-hydrogen) atoms. The van der Waals surface area contributed by atoms with Crippen LogP contribution in [0.25, 0.3) is 10.9 Å². The molecule has 0 spiro atoms. The first kappa shape index (κ1) is 15.4. The third kappa shape index (κ3) is 3.79. The number of fused-ring (bicyclic) bond motifs is 1. The second-order valence-electron chi connectivity index (χ2n) is 5.44. The molecule has 0 fully saturated rings. The van der Waals surface area contributed by atoms with Gasteiger partial charge in [0.25, 0.3) is 0 Å². The SMILES string of the molecule is CCC(C)[C@H](N)C(=O)NCCc1cccc2cccnc12. The Balaban J connectivity index is 1.95. The predicted octanol–water partition coefficient (Wildman–Crippen LogP) is 2.27. The van der Waals surface area contributed by atoms with Crippen molar-refractivity contribution in [1.82, 2.24) is 10.3 Å². The summed E-state index contributed by atoms with van der Waals surface area (Å²) < 4.78 is 0. The summed E-state index contributed by atoms with van der Waals surface area (Å²) in [6, 6.07) is 9.66. The van der Waals surface area contributed by atoms with E-state index < -0.39 is 6.04 Å². The normalized spacial score (nSPS) is 13.9. The molecule has 4 heteroatoms. The molecule has 0 aliphatic rings. The van der Waals surface area contributed by atoms with Gasteiger partial charge in [-0.1, -0.05) is 44.5 Å². The minimum Gasteiger partial charge on any atom is -0.354 e. The number of aromatic nitrogens is 1. The highest BCUT2D eigenvalue weighted by atomic mass is 16.2. The van der Waals surface area contributed by atoms with Gasteiger partial charge >= 0.3 is 0 Å². The van der Waals surface area contributed by atoms with Crippen molar-refractivity contribution < 1.29 is 4.79 Å². The van der Waals surface area contributed by atoms with Gasteiger partial charge in [0.1, 0.15) is 0 Å². The number of nitrogens with two attached hydrogens (primary N) is 1. The van der Waals surface area contributed by atoms with Crippen LogP contribution in [0.15, 0.2) is 36.5 Å². The molecule has 1 aromatic carbocycles. The van der Waals surface area contributed by atoms with Crippen LogP contribution in [0.2, 0.25) is 0 Å². The van der Waals surface area contributed by atoms with E-state index in [1.165, 1.54) is 0 Å². The molecule has 1 aromatic heterocycles. The van der Waals surface area contributed by atoms with E-state index in [4.69, 9.17) is 5.73 Å². The maximum absolute atomic E-state index is 11.9. The maximum atomic E-state index is 11.9. The summed E-state index contributed by atoms with van der Waals surface area (Å²) in [6.07, 6.45) is 3.46. The third-order valence-corrected chi connectivity index (χ3v) is 3.97. The van der Waals surface area contributed by atoms with Crippen molar-refractivity contribution in [1.29, 1.82) is 0 Å². The highest BCUT2D eigenvalue weighted by Gasteiger charge is 2.18. The summed E-state index contributed by atoms with van der Waals surface area (Å²) in [5, 5.41) is 4.04. The van der Waals surface area contributed by atoms with Crippen LogP contribution in [-0.2, 0) is 11.2 Å². The molecule has 1 amide bonds. The van der Waals surface area contributed by atoms with E-state index in [1.807, 2.05) is 38.1 Å². The van der Waals surface area contributed by atoms with Crippen molar-refractivity contribution in [2.24, 2.45) is 11.7 Å². The zero-order chi connectivity index (χ0) is 15.2. The van der Waals surface area contributed by atoms with Crippen LogP contribution < -0.4 is 11.1 Å². The van der Waals surface area contributed by atoms with Crippen LogP contribution >= 0.6 is 0 Å². The Kier molecular flexibility index (Phi) is 5.28. The van der Waals surface area contributed by atoms with E-state index in [-0.39, 0.29) is 11.8 Å². The number of nitrogens with zero attached hydrogens (tertiary/aromatic N) is 1. The molecule has 112 valence electrons. The van der Waals surface area contributed by atoms with Gasteiger partial charge in [-0.15, -0.1) is 0 Å². The van der Waals surface area contributed by atoms with E-state index >= 15 is 0 Å². The van der Waals surface area contributed by atoms with Gasteiger partial charge in [-0.05, 0) is 24.0 Å². The molecule has 0 saturated heterocycles. The Morgan fingerprint density at radius 2 is 2.10 bits per heavy atom. The van der Waals surface area contributed by atoms with Crippen LogP contribution in [0.1, 0.15) is 25.8 Å². The zero-order valence-corrected chi connectivity index (χ0v) is 12.7. The molecule has 3 N–H and O–H groups in total. The van der Waals surface area contributed by atoms with Crippen LogP contribution in [0.3, 0.4) is 0 Å². The molecule has 0 bridgehead atoms. The Bertz CT molecular complexity index is 607. The van der Waals surface area contributed by atoms with E-state index in [0.717, 1.165) is 29.3 Å². The molecule has 2 rings (SSSR count). The van der Waals surface area contributed by atoms with Crippen molar-refractivity contribution in [3.8, 4) is 0 Å². The third-order valence-electron chi connectivity index (χ3n) is 3.97. The minimum atomic E-state index is -0.430. The Labute approximate surface area is 125 Å². The minimum absolute atomic E-state index is 0.0717. The van der Waals surface area contributed by atoms with Gasteiger partial charge < -0.3 is 11.1 Å². The van der Waals surface area contributed by atoms with Crippen molar-refractivity contribution >= 4 is 16.8 Å². The van der Waals surface area contributed by atoms with Crippen molar-refractivity contribution in [3.05, 3.63) is 42.1 Å². The number of carbonyl (C=O) groups excluding carboxylic acids is 1. The number of benzene rings is 1. The van der Waals surface area contributed by atoms with Crippen LogP contribution in [0, 0.1) is 5.92 Å². The van der Waals surface area contributed by atoms with Gasteiger partial charge in [-0.25, -0.2) is 0 Å².